The van der Waals surface area contributed by atoms with Gasteiger partial charge in [-0.25, -0.2) is 4.98 Å². The van der Waals surface area contributed by atoms with Crippen LogP contribution in [-0.2, 0) is 0 Å². The molecule has 0 aromatic carbocycles. The summed E-state index contributed by atoms with van der Waals surface area (Å²) >= 11 is 0. The molecule has 0 saturated carbocycles. The van der Waals surface area contributed by atoms with Crippen molar-refractivity contribution >= 4 is 5.91 Å². The lowest BCUT2D eigenvalue weighted by atomic mass is 10.3. The average Bonchev–Trinajstić information content (AvgIpc) is 2.74. The maximum Gasteiger partial charge on any atom is 0.257 e. The van der Waals surface area contributed by atoms with Gasteiger partial charge in [0.15, 0.2) is 0 Å². The third-order valence-electron chi connectivity index (χ3n) is 2.03. The molecule has 0 unspecified atom stereocenters. The third-order valence-corrected chi connectivity index (χ3v) is 2.03. The molecule has 68 valence electrons. The summed E-state index contributed by atoms with van der Waals surface area (Å²) in [5.74, 6) is -0.0399. The van der Waals surface area contributed by atoms with Gasteiger partial charge in [-0.3, -0.25) is 9.36 Å². The van der Waals surface area contributed by atoms with Crippen LogP contribution in [0.2, 0.25) is 0 Å². The van der Waals surface area contributed by atoms with Gasteiger partial charge in [-0.2, -0.15) is 0 Å². The molecule has 0 atom stereocenters. The summed E-state index contributed by atoms with van der Waals surface area (Å²) in [6.45, 7) is 0.975. The van der Waals surface area contributed by atoms with Gasteiger partial charge in [0.1, 0.15) is 6.33 Å². The van der Waals surface area contributed by atoms with Crippen LogP contribution in [0.3, 0.4) is 0 Å². The molecule has 1 aromatic heterocycles. The fraction of sp³-hybridized carbons (Fsp3) is 0.333. The van der Waals surface area contributed by atoms with E-state index in [4.69, 9.17) is 0 Å². The highest BCUT2D eigenvalue weighted by Gasteiger charge is 2.07. The Balaban J connectivity index is 2.10. The number of carbonyl (C=O) groups is 1. The lowest BCUT2D eigenvalue weighted by Crippen LogP contribution is -2.10. The molecule has 0 bridgehead atoms. The fourth-order valence-electron chi connectivity index (χ4n) is 1.35. The van der Waals surface area contributed by atoms with Gasteiger partial charge in [0.2, 0.25) is 0 Å². The van der Waals surface area contributed by atoms with Crippen molar-refractivity contribution in [2.24, 2.45) is 0 Å². The summed E-state index contributed by atoms with van der Waals surface area (Å²) < 4.78 is 1.47. The molecule has 1 N–H and O–H groups in total. The van der Waals surface area contributed by atoms with Crippen molar-refractivity contribution in [2.75, 3.05) is 6.54 Å². The normalized spacial score (nSPS) is 18.9. The Bertz CT molecular complexity index is 319. The van der Waals surface area contributed by atoms with E-state index in [-0.39, 0.29) is 5.91 Å². The molecule has 0 radical (unpaired) electrons. The fourth-order valence-corrected chi connectivity index (χ4v) is 1.35. The molecular formula is C9H11N3O. The van der Waals surface area contributed by atoms with Crippen molar-refractivity contribution in [3.63, 3.8) is 0 Å². The van der Waals surface area contributed by atoms with E-state index in [1.807, 2.05) is 0 Å². The number of carbonyl (C=O) groups excluding carboxylic acids is 1. The van der Waals surface area contributed by atoms with E-state index < -0.39 is 0 Å². The van der Waals surface area contributed by atoms with Gasteiger partial charge in [-0.05, 0) is 12.8 Å². The number of allylic oxidation sites excluding steroid dienone is 2. The van der Waals surface area contributed by atoms with Crippen molar-refractivity contribution in [1.29, 1.82) is 0 Å². The zero-order valence-corrected chi connectivity index (χ0v) is 7.23. The van der Waals surface area contributed by atoms with E-state index in [0.29, 0.717) is 0 Å². The summed E-state index contributed by atoms with van der Waals surface area (Å²) in [4.78, 5) is 15.3. The van der Waals surface area contributed by atoms with Crippen LogP contribution in [0, 0.1) is 0 Å². The molecule has 2 rings (SSSR count). The Labute approximate surface area is 76.3 Å². The lowest BCUT2D eigenvalue weighted by Gasteiger charge is -1.98. The van der Waals surface area contributed by atoms with Crippen LogP contribution in [0.1, 0.15) is 17.6 Å². The molecule has 2 heterocycles. The summed E-state index contributed by atoms with van der Waals surface area (Å²) in [7, 11) is 0. The number of hydrogen-bond acceptors (Lipinski definition) is 3. The summed E-state index contributed by atoms with van der Waals surface area (Å²) in [6, 6.07) is 0. The molecule has 4 heteroatoms. The second-order valence-corrected chi connectivity index (χ2v) is 3.01. The van der Waals surface area contributed by atoms with E-state index in [0.717, 1.165) is 25.1 Å². The molecule has 1 aromatic rings. The van der Waals surface area contributed by atoms with E-state index in [2.05, 4.69) is 10.3 Å². The molecule has 1 fully saturated rings. The zero-order valence-electron chi connectivity index (χ0n) is 7.23. The van der Waals surface area contributed by atoms with Gasteiger partial charge < -0.3 is 5.32 Å². The molecule has 1 aliphatic heterocycles. The highest BCUT2D eigenvalue weighted by molar-refractivity contribution is 5.90. The molecule has 0 spiro atoms. The molecular weight excluding hydrogens is 166 g/mol. The molecule has 13 heavy (non-hydrogen) atoms. The first kappa shape index (κ1) is 8.04. The van der Waals surface area contributed by atoms with Gasteiger partial charge in [0, 0.05) is 30.7 Å². The monoisotopic (exact) mass is 177 g/mol. The van der Waals surface area contributed by atoms with Gasteiger partial charge >= 0.3 is 0 Å². The highest BCUT2D eigenvalue weighted by Crippen LogP contribution is 2.08. The maximum absolute atomic E-state index is 11.5. The number of aromatic nitrogens is 2. The standard InChI is InChI=1S/C9H11N3O/c13-9(12-5-4-10-7-12)6-8-2-1-3-11-8/h4-7,11H,1-3H2/b8-6-. The van der Waals surface area contributed by atoms with Crippen molar-refractivity contribution in [2.45, 2.75) is 12.8 Å². The smallest absolute Gasteiger partial charge is 0.257 e. The quantitative estimate of drug-likeness (QED) is 0.645. The first-order chi connectivity index (χ1) is 6.36. The van der Waals surface area contributed by atoms with Crippen LogP contribution in [-0.4, -0.2) is 22.0 Å². The van der Waals surface area contributed by atoms with Gasteiger partial charge in [-0.1, -0.05) is 0 Å². The van der Waals surface area contributed by atoms with E-state index >= 15 is 0 Å². The Morgan fingerprint density at radius 3 is 3.23 bits per heavy atom. The molecule has 0 amide bonds. The number of nitrogens with one attached hydrogen (secondary N) is 1. The van der Waals surface area contributed by atoms with Crippen LogP contribution in [0.5, 0.6) is 0 Å². The second kappa shape index (κ2) is 3.43. The number of hydrogen-bond donors (Lipinski definition) is 1. The summed E-state index contributed by atoms with van der Waals surface area (Å²) in [6.07, 6.45) is 8.47. The average molecular weight is 177 g/mol. The van der Waals surface area contributed by atoms with Crippen LogP contribution in [0.4, 0.5) is 0 Å². The second-order valence-electron chi connectivity index (χ2n) is 3.01. The first-order valence-corrected chi connectivity index (χ1v) is 4.33. The van der Waals surface area contributed by atoms with E-state index in [1.165, 1.54) is 10.9 Å². The SMILES string of the molecule is O=C(/C=C1/CCCN1)n1ccnc1. The Morgan fingerprint density at radius 1 is 1.69 bits per heavy atom. The molecule has 4 nitrogen and oxygen atoms in total. The van der Waals surface area contributed by atoms with E-state index in [9.17, 15) is 4.79 Å². The maximum atomic E-state index is 11.5. The van der Waals surface area contributed by atoms with Crippen molar-refractivity contribution in [3.8, 4) is 0 Å². The van der Waals surface area contributed by atoms with Gasteiger partial charge in [-0.15, -0.1) is 0 Å². The third kappa shape index (κ3) is 1.77. The Hall–Kier alpha value is -1.58. The van der Waals surface area contributed by atoms with Crippen LogP contribution in [0.15, 0.2) is 30.5 Å². The predicted octanol–water partition coefficient (Wildman–Crippen LogP) is 0.791. The first-order valence-electron chi connectivity index (χ1n) is 4.33. The lowest BCUT2D eigenvalue weighted by molar-refractivity contribution is 0.0967. The molecule has 0 aliphatic carbocycles. The van der Waals surface area contributed by atoms with Crippen molar-refractivity contribution in [3.05, 3.63) is 30.5 Å². The van der Waals surface area contributed by atoms with Crippen LogP contribution in [0.25, 0.3) is 0 Å². The minimum atomic E-state index is -0.0399. The molecule has 1 saturated heterocycles. The minimum absolute atomic E-state index is 0.0399. The van der Waals surface area contributed by atoms with Crippen LogP contribution < -0.4 is 5.32 Å². The molecule has 1 aliphatic rings. The Morgan fingerprint density at radius 2 is 2.62 bits per heavy atom. The topological polar surface area (TPSA) is 46.9 Å². The largest absolute Gasteiger partial charge is 0.388 e. The number of nitrogens with zero attached hydrogens (tertiary/aromatic N) is 2. The predicted molar refractivity (Wildman–Crippen MR) is 48.2 cm³/mol. The van der Waals surface area contributed by atoms with Gasteiger partial charge in [0.05, 0.1) is 0 Å². The Kier molecular flexibility index (Phi) is 2.12. The number of imidazole rings is 1. The summed E-state index contributed by atoms with van der Waals surface area (Å²) in [5, 5.41) is 3.16. The number of rotatable bonds is 1. The zero-order chi connectivity index (χ0) is 9.10. The highest BCUT2D eigenvalue weighted by atomic mass is 16.1. The summed E-state index contributed by atoms with van der Waals surface area (Å²) in [5.41, 5.74) is 1.03. The van der Waals surface area contributed by atoms with Crippen LogP contribution >= 0.6 is 0 Å². The minimum Gasteiger partial charge on any atom is -0.388 e. The van der Waals surface area contributed by atoms with Gasteiger partial charge in [0.25, 0.3) is 5.91 Å². The van der Waals surface area contributed by atoms with E-state index in [1.54, 1.807) is 18.5 Å². The van der Waals surface area contributed by atoms with Crippen molar-refractivity contribution in [1.82, 2.24) is 14.9 Å². The van der Waals surface area contributed by atoms with Crippen molar-refractivity contribution < 1.29 is 4.79 Å².